The molecule has 1 atom stereocenters. The lowest BCUT2D eigenvalue weighted by Crippen LogP contribution is -2.04. The molecule has 0 bridgehead atoms. The fourth-order valence-corrected chi connectivity index (χ4v) is 3.29. The molecule has 0 N–H and O–H groups in total. The molecule has 0 spiro atoms. The van der Waals surface area contributed by atoms with Crippen molar-refractivity contribution in [2.75, 3.05) is 13.7 Å². The van der Waals surface area contributed by atoms with Crippen LogP contribution in [0.1, 0.15) is 17.3 Å². The van der Waals surface area contributed by atoms with Crippen molar-refractivity contribution in [1.29, 1.82) is 0 Å². The quantitative estimate of drug-likeness (QED) is 0.517. The van der Waals surface area contributed by atoms with Crippen LogP contribution in [0.15, 0.2) is 59.4 Å². The Balaban J connectivity index is 1.40. The third-order valence-corrected chi connectivity index (χ3v) is 4.74. The highest BCUT2D eigenvalue weighted by atomic mass is 16.5. The summed E-state index contributed by atoms with van der Waals surface area (Å²) in [5.74, 6) is 0. The van der Waals surface area contributed by atoms with E-state index in [0.717, 1.165) is 33.8 Å². The van der Waals surface area contributed by atoms with Gasteiger partial charge in [0, 0.05) is 31.5 Å². The molecule has 0 saturated carbocycles. The number of hydrogen-bond donors (Lipinski definition) is 0. The average molecular weight is 374 g/mol. The molecule has 4 aromatic heterocycles. The highest BCUT2D eigenvalue weighted by Gasteiger charge is 2.24. The van der Waals surface area contributed by atoms with Crippen LogP contribution >= 0.6 is 0 Å². The van der Waals surface area contributed by atoms with Crippen molar-refractivity contribution in [3.8, 4) is 11.3 Å². The summed E-state index contributed by atoms with van der Waals surface area (Å²) in [5, 5.41) is 17.3. The lowest BCUT2D eigenvalue weighted by molar-refractivity contribution is 0.183. The van der Waals surface area contributed by atoms with Gasteiger partial charge >= 0.3 is 0 Å². The van der Waals surface area contributed by atoms with Crippen LogP contribution in [0.4, 0.5) is 5.69 Å². The van der Waals surface area contributed by atoms with Gasteiger partial charge < -0.3 is 4.74 Å². The van der Waals surface area contributed by atoms with Gasteiger partial charge in [-0.15, -0.1) is 0 Å². The number of nitrogens with zero attached hydrogens (tertiary/aromatic N) is 8. The Morgan fingerprint density at radius 2 is 2.07 bits per heavy atom. The van der Waals surface area contributed by atoms with E-state index in [2.05, 4.69) is 25.4 Å². The molecular weight excluding hydrogens is 356 g/mol. The maximum atomic E-state index is 5.10. The second-order valence-electron chi connectivity index (χ2n) is 6.62. The van der Waals surface area contributed by atoms with E-state index in [4.69, 9.17) is 9.72 Å². The largest absolute Gasteiger partial charge is 0.383 e. The van der Waals surface area contributed by atoms with Crippen LogP contribution in [-0.2, 0) is 17.7 Å². The highest BCUT2D eigenvalue weighted by molar-refractivity contribution is 5.61. The predicted octanol–water partition coefficient (Wildman–Crippen LogP) is 3.02. The summed E-state index contributed by atoms with van der Waals surface area (Å²) in [6, 6.07) is 7.81. The minimum Gasteiger partial charge on any atom is -0.383 e. The summed E-state index contributed by atoms with van der Waals surface area (Å²) in [4.78, 5) is 9.02. The smallest absolute Gasteiger partial charge is 0.155 e. The predicted molar refractivity (Wildman–Crippen MR) is 101 cm³/mol. The molecule has 1 aliphatic rings. The highest BCUT2D eigenvalue weighted by Crippen LogP contribution is 2.37. The molecule has 28 heavy (non-hydrogen) atoms. The van der Waals surface area contributed by atoms with E-state index in [1.54, 1.807) is 18.0 Å². The Hall–Kier alpha value is -3.46. The van der Waals surface area contributed by atoms with Crippen LogP contribution in [0.2, 0.25) is 0 Å². The zero-order valence-electron chi connectivity index (χ0n) is 15.3. The summed E-state index contributed by atoms with van der Waals surface area (Å²) in [6.07, 6.45) is 8.02. The standard InChI is InChI=1S/C19H18N8O/c1-28-7-6-26-11-14(9-21-26)15-3-4-16-19(23-15)17(25-24-16)8-13-2-5-18-20-12-22-27(18)10-13/h2-5,9-12,17H,6-8H2,1H3. The van der Waals surface area contributed by atoms with Crippen LogP contribution in [0.3, 0.4) is 0 Å². The van der Waals surface area contributed by atoms with E-state index >= 15 is 0 Å². The van der Waals surface area contributed by atoms with Crippen LogP contribution < -0.4 is 0 Å². The first-order valence-electron chi connectivity index (χ1n) is 9.02. The third-order valence-electron chi connectivity index (χ3n) is 4.74. The first-order chi connectivity index (χ1) is 13.8. The van der Waals surface area contributed by atoms with Gasteiger partial charge in [0.2, 0.25) is 0 Å². The summed E-state index contributed by atoms with van der Waals surface area (Å²) in [6.45, 7) is 1.33. The number of pyridine rings is 2. The van der Waals surface area contributed by atoms with Crippen molar-refractivity contribution in [1.82, 2.24) is 29.4 Å². The summed E-state index contributed by atoms with van der Waals surface area (Å²) >= 11 is 0. The molecule has 140 valence electrons. The second kappa shape index (κ2) is 6.93. The van der Waals surface area contributed by atoms with Gasteiger partial charge in [0.1, 0.15) is 18.1 Å². The number of methoxy groups -OCH3 is 1. The van der Waals surface area contributed by atoms with Crippen molar-refractivity contribution in [2.45, 2.75) is 19.0 Å². The molecule has 9 nitrogen and oxygen atoms in total. The molecule has 4 aromatic rings. The van der Waals surface area contributed by atoms with Gasteiger partial charge in [-0.3, -0.25) is 4.68 Å². The lowest BCUT2D eigenvalue weighted by Gasteiger charge is -2.09. The van der Waals surface area contributed by atoms with Gasteiger partial charge in [-0.05, 0) is 23.8 Å². The number of rotatable bonds is 6. The molecule has 0 fully saturated rings. The minimum absolute atomic E-state index is 0.112. The number of ether oxygens (including phenoxy) is 1. The van der Waals surface area contributed by atoms with Crippen molar-refractivity contribution in [2.24, 2.45) is 10.2 Å². The Bertz CT molecular complexity index is 1160. The van der Waals surface area contributed by atoms with Gasteiger partial charge in [-0.1, -0.05) is 6.07 Å². The topological polar surface area (TPSA) is 94.8 Å². The Kier molecular flexibility index (Phi) is 4.13. The van der Waals surface area contributed by atoms with Crippen molar-refractivity contribution >= 4 is 11.3 Å². The van der Waals surface area contributed by atoms with Crippen LogP contribution in [-0.4, -0.2) is 43.1 Å². The maximum absolute atomic E-state index is 5.10. The van der Waals surface area contributed by atoms with Gasteiger partial charge in [0.05, 0.1) is 30.7 Å². The minimum atomic E-state index is -0.112. The number of azo groups is 1. The first-order valence-corrected chi connectivity index (χ1v) is 9.02. The van der Waals surface area contributed by atoms with Gasteiger partial charge in [0.25, 0.3) is 0 Å². The molecule has 5 heterocycles. The molecular formula is C19H18N8O. The summed E-state index contributed by atoms with van der Waals surface area (Å²) in [7, 11) is 1.68. The van der Waals surface area contributed by atoms with E-state index in [1.165, 1.54) is 0 Å². The fraction of sp³-hybridized carbons (Fsp3) is 0.263. The van der Waals surface area contributed by atoms with Crippen molar-refractivity contribution < 1.29 is 4.74 Å². The molecule has 0 aliphatic carbocycles. The van der Waals surface area contributed by atoms with E-state index in [-0.39, 0.29) is 6.04 Å². The van der Waals surface area contributed by atoms with Gasteiger partial charge in [-0.2, -0.15) is 20.4 Å². The average Bonchev–Trinajstić information content (AvgIpc) is 3.46. The zero-order valence-corrected chi connectivity index (χ0v) is 15.3. The van der Waals surface area contributed by atoms with E-state index in [0.29, 0.717) is 19.6 Å². The third kappa shape index (κ3) is 3.05. The Morgan fingerprint density at radius 3 is 3.00 bits per heavy atom. The summed E-state index contributed by atoms with van der Waals surface area (Å²) in [5.41, 5.74) is 5.47. The molecule has 1 unspecified atom stereocenters. The Labute approximate surface area is 160 Å². The second-order valence-corrected chi connectivity index (χ2v) is 6.62. The monoisotopic (exact) mass is 374 g/mol. The molecule has 0 aromatic carbocycles. The van der Waals surface area contributed by atoms with E-state index < -0.39 is 0 Å². The van der Waals surface area contributed by atoms with Crippen LogP contribution in [0.25, 0.3) is 16.9 Å². The lowest BCUT2D eigenvalue weighted by atomic mass is 10.0. The molecule has 0 amide bonds. The van der Waals surface area contributed by atoms with E-state index in [9.17, 15) is 0 Å². The number of hydrogen-bond acceptors (Lipinski definition) is 7. The number of fused-ring (bicyclic) bond motifs is 2. The van der Waals surface area contributed by atoms with Crippen LogP contribution in [0.5, 0.6) is 0 Å². The van der Waals surface area contributed by atoms with Gasteiger partial charge in [0.15, 0.2) is 5.65 Å². The SMILES string of the molecule is COCCn1cc(-c2ccc3c(n2)C(Cc2ccc4ncnn4c2)N=N3)cn1. The first kappa shape index (κ1) is 16.7. The van der Waals surface area contributed by atoms with Crippen LogP contribution in [0, 0.1) is 0 Å². The zero-order chi connectivity index (χ0) is 18.9. The van der Waals surface area contributed by atoms with Gasteiger partial charge in [-0.25, -0.2) is 14.5 Å². The normalized spacial score (nSPS) is 15.4. The fourth-order valence-electron chi connectivity index (χ4n) is 3.29. The molecule has 0 saturated heterocycles. The maximum Gasteiger partial charge on any atom is 0.155 e. The summed E-state index contributed by atoms with van der Waals surface area (Å²) < 4.78 is 8.72. The van der Waals surface area contributed by atoms with E-state index in [1.807, 2.05) is 47.5 Å². The number of aromatic nitrogens is 6. The Morgan fingerprint density at radius 1 is 1.11 bits per heavy atom. The molecule has 9 heteroatoms. The molecule has 5 rings (SSSR count). The van der Waals surface area contributed by atoms with Crippen molar-refractivity contribution in [3.63, 3.8) is 0 Å². The van der Waals surface area contributed by atoms with Crippen molar-refractivity contribution in [3.05, 3.63) is 60.4 Å². The molecule has 1 aliphatic heterocycles. The molecule has 0 radical (unpaired) electrons.